The lowest BCUT2D eigenvalue weighted by atomic mass is 10.0. The lowest BCUT2D eigenvalue weighted by Gasteiger charge is -2.26. The topological polar surface area (TPSA) is 145 Å². The van der Waals surface area contributed by atoms with E-state index in [0.29, 0.717) is 12.8 Å². The van der Waals surface area contributed by atoms with Crippen LogP contribution in [0.5, 0.6) is 0 Å². The van der Waals surface area contributed by atoms with E-state index in [0.717, 1.165) is 57.8 Å². The largest absolute Gasteiger partial charge is 0.473 e. The van der Waals surface area contributed by atoms with Gasteiger partial charge in [0.1, 0.15) is 0 Å². The molecule has 0 aliphatic rings. The Labute approximate surface area is 300 Å². The van der Waals surface area contributed by atoms with Crippen LogP contribution in [0, 0.1) is 0 Å². The Kier molecular flexibility index (Phi) is 34.5. The number of phosphoric acid groups is 1. The third-order valence-corrected chi connectivity index (χ3v) is 9.91. The van der Waals surface area contributed by atoms with Gasteiger partial charge in [-0.15, -0.1) is 0 Å². The number of aliphatic hydroxyl groups is 1. The zero-order valence-corrected chi connectivity index (χ0v) is 32.5. The van der Waals surface area contributed by atoms with E-state index in [-0.39, 0.29) is 26.0 Å². The molecule has 0 aliphatic heterocycles. The molecule has 0 radical (unpaired) electrons. The molecule has 2 unspecified atom stereocenters. The van der Waals surface area contributed by atoms with Crippen LogP contribution >= 0.6 is 7.82 Å². The van der Waals surface area contributed by atoms with Gasteiger partial charge in [-0.25, -0.2) is 4.57 Å². The normalized spacial score (nSPS) is 14.2. The molecule has 290 valence electrons. The highest BCUT2D eigenvalue weighted by molar-refractivity contribution is 7.47. The number of phosphoric ester groups is 1. The summed E-state index contributed by atoms with van der Waals surface area (Å²) in [5.74, 6) is -1.07. The van der Waals surface area contributed by atoms with Crippen LogP contribution in [0.25, 0.3) is 0 Å². The van der Waals surface area contributed by atoms with E-state index in [1.54, 1.807) is 0 Å². The number of hydrogen-bond acceptors (Lipinski definition) is 8. The number of esters is 1. The van der Waals surface area contributed by atoms with Gasteiger partial charge in [-0.1, -0.05) is 154 Å². The molecule has 0 heterocycles. The summed E-state index contributed by atoms with van der Waals surface area (Å²) >= 11 is 0. The van der Waals surface area contributed by atoms with Gasteiger partial charge >= 0.3 is 13.8 Å². The molecule has 0 bridgehead atoms. The molecule has 49 heavy (non-hydrogen) atoms. The maximum atomic E-state index is 13.1. The summed E-state index contributed by atoms with van der Waals surface area (Å²) in [5, 5.41) is 10.0. The minimum Gasteiger partial charge on any atom is -0.457 e. The fraction of sp³-hybridized carbons (Fsp3) is 0.897. The Morgan fingerprint density at radius 3 is 1.49 bits per heavy atom. The van der Waals surface area contributed by atoms with E-state index in [2.05, 4.69) is 26.0 Å². The molecule has 0 rings (SSSR count). The first-order valence-electron chi connectivity index (χ1n) is 20.1. The summed E-state index contributed by atoms with van der Waals surface area (Å²) in [6, 6.07) is 0. The van der Waals surface area contributed by atoms with Crippen molar-refractivity contribution in [3.63, 3.8) is 0 Å². The molecule has 0 aromatic heterocycles. The van der Waals surface area contributed by atoms with Crippen LogP contribution in [0.1, 0.15) is 194 Å². The van der Waals surface area contributed by atoms with Crippen LogP contribution in [-0.2, 0) is 27.9 Å². The second kappa shape index (κ2) is 35.3. The first kappa shape index (κ1) is 47.9. The van der Waals surface area contributed by atoms with E-state index in [1.165, 1.54) is 96.3 Å². The predicted octanol–water partition coefficient (Wildman–Crippen LogP) is 10.4. The van der Waals surface area contributed by atoms with Crippen molar-refractivity contribution in [1.82, 2.24) is 0 Å². The predicted molar refractivity (Wildman–Crippen MR) is 201 cm³/mol. The molecule has 0 saturated carbocycles. The standard InChI is InChI=1S/C39H76NO8P/c1-3-5-7-9-11-13-15-17-18-20-22-24-26-28-30-32-38(43)47-37(35-41)39(48-49(44,45)46-34-33-40)36(42)31-29-27-25-23-21-19-16-14-12-10-8-6-4-2/h17-18,37,39,41H,3-16,19-35,40H2,1-2H3,(H,44,45)/b18-17-/t37-,39?/m0/s1. The van der Waals surface area contributed by atoms with Gasteiger partial charge in [-0.05, 0) is 38.5 Å². The van der Waals surface area contributed by atoms with E-state index >= 15 is 0 Å². The third-order valence-electron chi connectivity index (χ3n) is 8.91. The highest BCUT2D eigenvalue weighted by atomic mass is 31.2. The van der Waals surface area contributed by atoms with Gasteiger partial charge < -0.3 is 20.5 Å². The molecule has 4 N–H and O–H groups in total. The van der Waals surface area contributed by atoms with Crippen LogP contribution in [0.3, 0.4) is 0 Å². The maximum absolute atomic E-state index is 13.1. The Morgan fingerprint density at radius 2 is 1.06 bits per heavy atom. The number of carbonyl (C=O) groups excluding carboxylic acids is 2. The number of allylic oxidation sites excluding steroid dienone is 2. The number of unbranched alkanes of at least 4 members (excludes halogenated alkanes) is 23. The minimum atomic E-state index is -4.66. The van der Waals surface area contributed by atoms with Crippen molar-refractivity contribution in [3.8, 4) is 0 Å². The van der Waals surface area contributed by atoms with Crippen LogP contribution in [0.15, 0.2) is 12.2 Å². The first-order chi connectivity index (χ1) is 23.8. The number of Topliss-reactive ketones (excluding diaryl/α,β-unsaturated/α-hetero) is 1. The zero-order chi connectivity index (χ0) is 36.3. The van der Waals surface area contributed by atoms with Gasteiger partial charge in [-0.2, -0.15) is 0 Å². The van der Waals surface area contributed by atoms with Crippen LogP contribution in [0.2, 0.25) is 0 Å². The van der Waals surface area contributed by atoms with Gasteiger partial charge in [-0.3, -0.25) is 18.6 Å². The number of hydrogen-bond donors (Lipinski definition) is 3. The van der Waals surface area contributed by atoms with E-state index < -0.39 is 38.4 Å². The number of carbonyl (C=O) groups is 2. The molecular formula is C39H76NO8P. The highest BCUT2D eigenvalue weighted by Gasteiger charge is 2.38. The molecule has 0 spiro atoms. The SMILES string of the molecule is CCCCCCCC/C=C\CCCCCCCC(=O)O[C@@H](CO)C(OP(=O)(O)OCCN)C(=O)CCCCCCCCCCCCCCC. The summed E-state index contributed by atoms with van der Waals surface area (Å²) in [5.41, 5.74) is 5.38. The van der Waals surface area contributed by atoms with Gasteiger partial charge in [0.15, 0.2) is 18.0 Å². The smallest absolute Gasteiger partial charge is 0.457 e. The van der Waals surface area contributed by atoms with Crippen molar-refractivity contribution in [2.45, 2.75) is 206 Å². The van der Waals surface area contributed by atoms with Gasteiger partial charge in [0.05, 0.1) is 13.2 Å². The number of rotatable bonds is 38. The number of ketones is 1. The summed E-state index contributed by atoms with van der Waals surface area (Å²) in [6.45, 7) is 3.50. The van der Waals surface area contributed by atoms with Gasteiger partial charge in [0.2, 0.25) is 0 Å². The van der Waals surface area contributed by atoms with Crippen molar-refractivity contribution >= 4 is 19.6 Å². The average molecular weight is 718 g/mol. The van der Waals surface area contributed by atoms with Crippen molar-refractivity contribution in [1.29, 1.82) is 0 Å². The zero-order valence-electron chi connectivity index (χ0n) is 31.6. The number of nitrogens with two attached hydrogens (primary N) is 1. The molecule has 0 saturated heterocycles. The summed E-state index contributed by atoms with van der Waals surface area (Å²) < 4.78 is 27.9. The van der Waals surface area contributed by atoms with Crippen molar-refractivity contribution < 1.29 is 37.9 Å². The monoisotopic (exact) mass is 718 g/mol. The minimum absolute atomic E-state index is 0.0140. The molecule has 0 aromatic rings. The van der Waals surface area contributed by atoms with E-state index in [9.17, 15) is 24.2 Å². The van der Waals surface area contributed by atoms with Crippen LogP contribution in [-0.4, -0.2) is 53.7 Å². The van der Waals surface area contributed by atoms with Crippen LogP contribution in [0.4, 0.5) is 0 Å². The quantitative estimate of drug-likeness (QED) is 0.0246. The molecule has 0 aromatic carbocycles. The summed E-state index contributed by atoms with van der Waals surface area (Å²) in [4.78, 5) is 35.9. The van der Waals surface area contributed by atoms with Crippen molar-refractivity contribution in [2.24, 2.45) is 5.73 Å². The second-order valence-corrected chi connectivity index (χ2v) is 15.0. The molecule has 0 aliphatic carbocycles. The lowest BCUT2D eigenvalue weighted by Crippen LogP contribution is -2.41. The Hall–Kier alpha value is -1.09. The van der Waals surface area contributed by atoms with E-state index in [4.69, 9.17) is 19.5 Å². The second-order valence-electron chi connectivity index (χ2n) is 13.6. The Balaban J connectivity index is 4.45. The molecule has 10 heteroatoms. The number of aliphatic hydroxyl groups excluding tert-OH is 1. The first-order valence-corrected chi connectivity index (χ1v) is 21.6. The lowest BCUT2D eigenvalue weighted by molar-refractivity contribution is -0.161. The summed E-state index contributed by atoms with van der Waals surface area (Å²) in [7, 11) is -4.66. The molecule has 3 atom stereocenters. The van der Waals surface area contributed by atoms with Crippen molar-refractivity contribution in [3.05, 3.63) is 12.2 Å². The Bertz CT molecular complexity index is 840. The fourth-order valence-corrected chi connectivity index (χ4v) is 6.84. The van der Waals surface area contributed by atoms with Gasteiger partial charge in [0.25, 0.3) is 0 Å². The average Bonchev–Trinajstić information content (AvgIpc) is 3.09. The van der Waals surface area contributed by atoms with Crippen LogP contribution < -0.4 is 5.73 Å². The molecule has 9 nitrogen and oxygen atoms in total. The third kappa shape index (κ3) is 31.4. The Morgan fingerprint density at radius 1 is 0.653 bits per heavy atom. The number of ether oxygens (including phenoxy) is 1. The van der Waals surface area contributed by atoms with Gasteiger partial charge in [0, 0.05) is 19.4 Å². The summed E-state index contributed by atoms with van der Waals surface area (Å²) in [6.07, 6.45) is 31.8. The fourth-order valence-electron chi connectivity index (χ4n) is 5.90. The molecule has 0 amide bonds. The maximum Gasteiger partial charge on any atom is 0.473 e. The van der Waals surface area contributed by atoms with Crippen molar-refractivity contribution in [2.75, 3.05) is 19.8 Å². The highest BCUT2D eigenvalue weighted by Crippen LogP contribution is 2.45. The molecular weight excluding hydrogens is 641 g/mol. The molecule has 0 fully saturated rings. The van der Waals surface area contributed by atoms with E-state index in [1.807, 2.05) is 0 Å².